The first-order valence-corrected chi connectivity index (χ1v) is 6.09. The Morgan fingerprint density at radius 2 is 1.53 bits per heavy atom. The van der Waals surface area contributed by atoms with E-state index in [9.17, 15) is 4.39 Å². The van der Waals surface area contributed by atoms with E-state index in [1.807, 2.05) is 0 Å². The summed E-state index contributed by atoms with van der Waals surface area (Å²) in [6.07, 6.45) is 0. The Labute approximate surface area is 115 Å². The quantitative estimate of drug-likeness (QED) is 0.674. The number of ether oxygens (including phenoxy) is 2. The van der Waals surface area contributed by atoms with Gasteiger partial charge in [0, 0.05) is 11.8 Å². The molecular weight excluding hydrogens is 269 g/mol. The second-order valence-corrected chi connectivity index (χ2v) is 4.25. The smallest absolute Gasteiger partial charge is 0.145 e. The number of hydrogen-bond acceptors (Lipinski definition) is 3. The first-order chi connectivity index (χ1) is 9.15. The van der Waals surface area contributed by atoms with Crippen molar-refractivity contribution < 1.29 is 13.9 Å². The maximum atomic E-state index is 13.1. The summed E-state index contributed by atoms with van der Waals surface area (Å²) in [4.78, 5) is 0. The van der Waals surface area contributed by atoms with Gasteiger partial charge < -0.3 is 15.2 Å². The lowest BCUT2D eigenvalue weighted by molar-refractivity contribution is 0.216. The SMILES string of the molecule is Nc1ccc(OCCOc2ccc(Cl)c(F)c2)cc1. The van der Waals surface area contributed by atoms with Gasteiger partial charge in [-0.2, -0.15) is 0 Å². The first-order valence-electron chi connectivity index (χ1n) is 5.71. The second kappa shape index (κ2) is 6.29. The number of halogens is 2. The third-order valence-electron chi connectivity index (χ3n) is 2.39. The standard InChI is InChI=1S/C14H13ClFNO2/c15-13-6-5-12(9-14(13)16)19-8-7-18-11-3-1-10(17)2-4-11/h1-6,9H,7-8,17H2. The van der Waals surface area contributed by atoms with Crippen LogP contribution in [0, 0.1) is 5.82 Å². The van der Waals surface area contributed by atoms with Crippen molar-refractivity contribution in [2.45, 2.75) is 0 Å². The normalized spacial score (nSPS) is 10.2. The molecule has 100 valence electrons. The molecule has 0 amide bonds. The summed E-state index contributed by atoms with van der Waals surface area (Å²) < 4.78 is 23.9. The molecule has 2 aromatic rings. The van der Waals surface area contributed by atoms with Crippen LogP contribution in [0.3, 0.4) is 0 Å². The van der Waals surface area contributed by atoms with E-state index in [4.69, 9.17) is 26.8 Å². The highest BCUT2D eigenvalue weighted by Gasteiger charge is 2.01. The number of nitrogen functional groups attached to an aromatic ring is 1. The van der Waals surface area contributed by atoms with E-state index in [2.05, 4.69) is 0 Å². The van der Waals surface area contributed by atoms with Gasteiger partial charge in [-0.25, -0.2) is 4.39 Å². The Morgan fingerprint density at radius 3 is 2.16 bits per heavy atom. The number of rotatable bonds is 5. The van der Waals surface area contributed by atoms with Gasteiger partial charge in [0.05, 0.1) is 5.02 Å². The highest BCUT2D eigenvalue weighted by molar-refractivity contribution is 6.30. The topological polar surface area (TPSA) is 44.5 Å². The summed E-state index contributed by atoms with van der Waals surface area (Å²) in [6.45, 7) is 0.666. The van der Waals surface area contributed by atoms with Crippen LogP contribution in [-0.2, 0) is 0 Å². The molecule has 0 fully saturated rings. The van der Waals surface area contributed by atoms with Gasteiger partial charge in [0.25, 0.3) is 0 Å². The molecule has 0 aromatic heterocycles. The van der Waals surface area contributed by atoms with Gasteiger partial charge in [0.15, 0.2) is 0 Å². The van der Waals surface area contributed by atoms with Gasteiger partial charge in [0.1, 0.15) is 30.5 Å². The lowest BCUT2D eigenvalue weighted by Crippen LogP contribution is -2.09. The Hall–Kier alpha value is -1.94. The number of nitrogens with two attached hydrogens (primary N) is 1. The Balaban J connectivity index is 1.77. The Morgan fingerprint density at radius 1 is 0.947 bits per heavy atom. The minimum atomic E-state index is -0.501. The van der Waals surface area contributed by atoms with Crippen molar-refractivity contribution in [3.8, 4) is 11.5 Å². The minimum Gasteiger partial charge on any atom is -0.490 e. The van der Waals surface area contributed by atoms with Crippen molar-refractivity contribution in [3.63, 3.8) is 0 Å². The van der Waals surface area contributed by atoms with Gasteiger partial charge in [-0.15, -0.1) is 0 Å². The second-order valence-electron chi connectivity index (χ2n) is 3.84. The molecule has 0 heterocycles. The summed E-state index contributed by atoms with van der Waals surface area (Å²) in [5.74, 6) is 0.626. The third-order valence-corrected chi connectivity index (χ3v) is 2.70. The largest absolute Gasteiger partial charge is 0.490 e. The van der Waals surface area contributed by atoms with Crippen molar-refractivity contribution in [2.75, 3.05) is 18.9 Å². The van der Waals surface area contributed by atoms with Gasteiger partial charge >= 0.3 is 0 Å². The van der Waals surface area contributed by atoms with Crippen LogP contribution in [0.5, 0.6) is 11.5 Å². The predicted molar refractivity (Wildman–Crippen MR) is 73.3 cm³/mol. The zero-order valence-corrected chi connectivity index (χ0v) is 10.9. The Bertz CT molecular complexity index is 546. The van der Waals surface area contributed by atoms with Gasteiger partial charge in [-0.05, 0) is 36.4 Å². The highest BCUT2D eigenvalue weighted by atomic mass is 35.5. The molecule has 0 radical (unpaired) electrons. The van der Waals surface area contributed by atoms with Crippen LogP contribution < -0.4 is 15.2 Å². The minimum absolute atomic E-state index is 0.0745. The average Bonchev–Trinajstić information content (AvgIpc) is 2.41. The molecule has 5 heteroatoms. The molecule has 3 nitrogen and oxygen atoms in total. The van der Waals surface area contributed by atoms with Crippen LogP contribution in [0.25, 0.3) is 0 Å². The van der Waals surface area contributed by atoms with Crippen molar-refractivity contribution in [2.24, 2.45) is 0 Å². The van der Waals surface area contributed by atoms with E-state index in [0.717, 1.165) is 0 Å². The molecule has 2 aromatic carbocycles. The maximum Gasteiger partial charge on any atom is 0.145 e. The summed E-state index contributed by atoms with van der Waals surface area (Å²) in [7, 11) is 0. The van der Waals surface area contributed by atoms with Crippen LogP contribution in [0.2, 0.25) is 5.02 Å². The van der Waals surface area contributed by atoms with Crippen LogP contribution in [0.4, 0.5) is 10.1 Å². The van der Waals surface area contributed by atoms with Gasteiger partial charge in [-0.3, -0.25) is 0 Å². The average molecular weight is 282 g/mol. The van der Waals surface area contributed by atoms with Crippen molar-refractivity contribution in [1.29, 1.82) is 0 Å². The molecule has 2 N–H and O–H groups in total. The zero-order chi connectivity index (χ0) is 13.7. The summed E-state index contributed by atoms with van der Waals surface area (Å²) in [5.41, 5.74) is 6.24. The molecule has 0 bridgehead atoms. The Kier molecular flexibility index (Phi) is 4.47. The van der Waals surface area contributed by atoms with Gasteiger partial charge in [-0.1, -0.05) is 11.6 Å². The van der Waals surface area contributed by atoms with E-state index < -0.39 is 5.82 Å². The molecule has 0 spiro atoms. The fourth-order valence-corrected chi connectivity index (χ4v) is 1.57. The first kappa shape index (κ1) is 13.5. The molecule has 2 rings (SSSR count). The molecule has 0 unspecified atom stereocenters. The lowest BCUT2D eigenvalue weighted by Gasteiger charge is -2.08. The molecule has 0 atom stereocenters. The summed E-state index contributed by atoms with van der Waals surface area (Å²) in [6, 6.07) is 11.4. The number of benzene rings is 2. The number of anilines is 1. The van der Waals surface area contributed by atoms with E-state index >= 15 is 0 Å². The van der Waals surface area contributed by atoms with E-state index in [1.165, 1.54) is 12.1 Å². The van der Waals surface area contributed by atoms with Crippen LogP contribution in [-0.4, -0.2) is 13.2 Å². The number of hydrogen-bond donors (Lipinski definition) is 1. The highest BCUT2D eigenvalue weighted by Crippen LogP contribution is 2.20. The van der Waals surface area contributed by atoms with Crippen molar-refractivity contribution >= 4 is 17.3 Å². The molecule has 0 saturated heterocycles. The van der Waals surface area contributed by atoms with E-state index in [0.29, 0.717) is 30.4 Å². The van der Waals surface area contributed by atoms with Crippen LogP contribution in [0.1, 0.15) is 0 Å². The van der Waals surface area contributed by atoms with Crippen LogP contribution in [0.15, 0.2) is 42.5 Å². The fourth-order valence-electron chi connectivity index (χ4n) is 1.45. The molecule has 19 heavy (non-hydrogen) atoms. The lowest BCUT2D eigenvalue weighted by atomic mass is 10.3. The van der Waals surface area contributed by atoms with Crippen LogP contribution >= 0.6 is 11.6 Å². The van der Waals surface area contributed by atoms with E-state index in [1.54, 1.807) is 30.3 Å². The maximum absolute atomic E-state index is 13.1. The monoisotopic (exact) mass is 281 g/mol. The molecule has 0 aliphatic carbocycles. The van der Waals surface area contributed by atoms with Crippen molar-refractivity contribution in [1.82, 2.24) is 0 Å². The fraction of sp³-hybridized carbons (Fsp3) is 0.143. The van der Waals surface area contributed by atoms with Crippen molar-refractivity contribution in [3.05, 3.63) is 53.3 Å². The summed E-state index contributed by atoms with van der Waals surface area (Å²) >= 11 is 5.57. The molecule has 0 aliphatic rings. The molecule has 0 saturated carbocycles. The third kappa shape index (κ3) is 4.03. The molecule has 0 aliphatic heterocycles. The molecular formula is C14H13ClFNO2. The predicted octanol–water partition coefficient (Wildman–Crippen LogP) is 3.52. The zero-order valence-electron chi connectivity index (χ0n) is 10.1. The van der Waals surface area contributed by atoms with Gasteiger partial charge in [0.2, 0.25) is 0 Å². The summed E-state index contributed by atoms with van der Waals surface area (Å²) in [5, 5.41) is 0.0745. The van der Waals surface area contributed by atoms with E-state index in [-0.39, 0.29) is 5.02 Å².